The highest BCUT2D eigenvalue weighted by Gasteiger charge is 2.33. The summed E-state index contributed by atoms with van der Waals surface area (Å²) in [5.41, 5.74) is 2.37. The Bertz CT molecular complexity index is 1270. The number of carbonyl (C=O) groups is 2. The van der Waals surface area contributed by atoms with Crippen LogP contribution in [0.25, 0.3) is 5.69 Å². The van der Waals surface area contributed by atoms with E-state index in [-0.39, 0.29) is 43.4 Å². The van der Waals surface area contributed by atoms with Crippen LogP contribution in [0, 0.1) is 5.82 Å². The van der Waals surface area contributed by atoms with E-state index in [1.165, 1.54) is 33.8 Å². The highest BCUT2D eigenvalue weighted by atomic mass is 19.3. The fourth-order valence-electron chi connectivity index (χ4n) is 4.71. The Morgan fingerprint density at radius 3 is 2.26 bits per heavy atom. The molecule has 0 atom stereocenters. The summed E-state index contributed by atoms with van der Waals surface area (Å²) in [5.74, 6) is -1.28. The van der Waals surface area contributed by atoms with Crippen LogP contribution in [0.3, 0.4) is 0 Å². The van der Waals surface area contributed by atoms with Crippen LogP contribution in [0.15, 0.2) is 48.5 Å². The molecule has 182 valence electrons. The Balaban J connectivity index is 1.32. The maximum Gasteiger partial charge on any atom is 0.387 e. The highest BCUT2D eigenvalue weighted by molar-refractivity contribution is 5.97. The summed E-state index contributed by atoms with van der Waals surface area (Å²) in [6, 6.07) is 12.2. The largest absolute Gasteiger partial charge is 0.434 e. The average Bonchev–Trinajstić information content (AvgIpc) is 3.47. The number of alkyl halides is 2. The maximum atomic E-state index is 14.4. The SMILES string of the molecule is O=C(c1ccccc1OC(F)F)N1CCN(C(=O)c2nn(-c3ccccc3F)c3c2CCC3)CC1. The van der Waals surface area contributed by atoms with Gasteiger partial charge in [0.05, 0.1) is 5.56 Å². The summed E-state index contributed by atoms with van der Waals surface area (Å²) in [7, 11) is 0. The van der Waals surface area contributed by atoms with E-state index in [0.717, 1.165) is 17.7 Å². The third-order valence-electron chi connectivity index (χ3n) is 6.40. The number of halogens is 3. The van der Waals surface area contributed by atoms with Gasteiger partial charge in [0.25, 0.3) is 11.8 Å². The summed E-state index contributed by atoms with van der Waals surface area (Å²) in [6.07, 6.45) is 2.28. The van der Waals surface area contributed by atoms with E-state index >= 15 is 0 Å². The van der Waals surface area contributed by atoms with Crippen molar-refractivity contribution in [2.24, 2.45) is 0 Å². The molecule has 0 N–H and O–H groups in total. The first kappa shape index (κ1) is 22.9. The molecule has 0 spiro atoms. The number of aromatic nitrogens is 2. The van der Waals surface area contributed by atoms with Gasteiger partial charge in [-0.3, -0.25) is 9.59 Å². The van der Waals surface area contributed by atoms with Crippen LogP contribution in [-0.2, 0) is 12.8 Å². The predicted octanol–water partition coefficient (Wildman–Crippen LogP) is 3.70. The summed E-state index contributed by atoms with van der Waals surface area (Å²) >= 11 is 0. The van der Waals surface area contributed by atoms with Gasteiger partial charge in [-0.05, 0) is 43.5 Å². The van der Waals surface area contributed by atoms with E-state index in [1.807, 2.05) is 0 Å². The molecule has 35 heavy (non-hydrogen) atoms. The van der Waals surface area contributed by atoms with E-state index in [1.54, 1.807) is 29.2 Å². The molecule has 7 nitrogen and oxygen atoms in total. The summed E-state index contributed by atoms with van der Waals surface area (Å²) < 4.78 is 45.9. The number of para-hydroxylation sites is 2. The third-order valence-corrected chi connectivity index (χ3v) is 6.40. The number of ether oxygens (including phenoxy) is 1. The van der Waals surface area contributed by atoms with Gasteiger partial charge < -0.3 is 14.5 Å². The number of fused-ring (bicyclic) bond motifs is 1. The predicted molar refractivity (Wildman–Crippen MR) is 120 cm³/mol. The summed E-state index contributed by atoms with van der Waals surface area (Å²) in [5, 5.41) is 4.50. The van der Waals surface area contributed by atoms with Crippen molar-refractivity contribution in [3.63, 3.8) is 0 Å². The number of carbonyl (C=O) groups excluding carboxylic acids is 2. The number of benzene rings is 2. The normalized spacial score (nSPS) is 15.4. The molecule has 1 aliphatic heterocycles. The molecule has 5 rings (SSSR count). The number of piperazine rings is 1. The highest BCUT2D eigenvalue weighted by Crippen LogP contribution is 2.30. The van der Waals surface area contributed by atoms with Gasteiger partial charge in [0.15, 0.2) is 5.69 Å². The second-order valence-electron chi connectivity index (χ2n) is 8.45. The fourth-order valence-corrected chi connectivity index (χ4v) is 4.71. The molecule has 1 fully saturated rings. The van der Waals surface area contributed by atoms with E-state index in [2.05, 4.69) is 9.84 Å². The lowest BCUT2D eigenvalue weighted by molar-refractivity contribution is -0.0503. The Hall–Kier alpha value is -3.82. The smallest absolute Gasteiger partial charge is 0.387 e. The van der Waals surface area contributed by atoms with Crippen molar-refractivity contribution in [2.75, 3.05) is 26.2 Å². The second-order valence-corrected chi connectivity index (χ2v) is 8.45. The van der Waals surface area contributed by atoms with E-state index in [0.29, 0.717) is 24.2 Å². The first-order valence-corrected chi connectivity index (χ1v) is 11.4. The van der Waals surface area contributed by atoms with Gasteiger partial charge >= 0.3 is 6.61 Å². The zero-order valence-electron chi connectivity index (χ0n) is 18.8. The van der Waals surface area contributed by atoms with Crippen molar-refractivity contribution < 1.29 is 27.5 Å². The molecule has 0 unspecified atom stereocenters. The van der Waals surface area contributed by atoms with Crippen molar-refractivity contribution in [3.05, 3.63) is 76.9 Å². The molecule has 2 amide bonds. The lowest BCUT2D eigenvalue weighted by Crippen LogP contribution is -2.50. The van der Waals surface area contributed by atoms with E-state index in [4.69, 9.17) is 0 Å². The van der Waals surface area contributed by atoms with E-state index in [9.17, 15) is 22.8 Å². The topological polar surface area (TPSA) is 67.7 Å². The first-order chi connectivity index (χ1) is 16.9. The molecule has 2 aromatic carbocycles. The maximum absolute atomic E-state index is 14.4. The molecular formula is C25H23F3N4O3. The van der Waals surface area contributed by atoms with Crippen LogP contribution in [0.4, 0.5) is 13.2 Å². The lowest BCUT2D eigenvalue weighted by atomic mass is 10.1. The van der Waals surface area contributed by atoms with Crippen LogP contribution in [0.1, 0.15) is 38.5 Å². The number of rotatable bonds is 5. The van der Waals surface area contributed by atoms with Crippen molar-refractivity contribution in [1.82, 2.24) is 19.6 Å². The minimum Gasteiger partial charge on any atom is -0.434 e. The van der Waals surface area contributed by atoms with Crippen molar-refractivity contribution >= 4 is 11.8 Å². The molecule has 1 aliphatic carbocycles. The minimum atomic E-state index is -3.04. The minimum absolute atomic E-state index is 0.0500. The van der Waals surface area contributed by atoms with Crippen LogP contribution in [0.2, 0.25) is 0 Å². The second kappa shape index (κ2) is 9.44. The van der Waals surface area contributed by atoms with Crippen molar-refractivity contribution in [1.29, 1.82) is 0 Å². The van der Waals surface area contributed by atoms with Gasteiger partial charge in [0, 0.05) is 37.4 Å². The lowest BCUT2D eigenvalue weighted by Gasteiger charge is -2.34. The number of amides is 2. The molecule has 0 bridgehead atoms. The Kier molecular flexibility index (Phi) is 6.19. The van der Waals surface area contributed by atoms with Gasteiger partial charge in [-0.2, -0.15) is 13.9 Å². The zero-order chi connectivity index (χ0) is 24.5. The molecule has 2 aliphatic rings. The number of hydrogen-bond donors (Lipinski definition) is 0. The van der Waals surface area contributed by atoms with Gasteiger partial charge in [-0.1, -0.05) is 24.3 Å². The number of nitrogens with zero attached hydrogens (tertiary/aromatic N) is 4. The Labute approximate surface area is 199 Å². The van der Waals surface area contributed by atoms with Crippen LogP contribution < -0.4 is 4.74 Å². The molecule has 0 radical (unpaired) electrons. The van der Waals surface area contributed by atoms with Crippen LogP contribution >= 0.6 is 0 Å². The first-order valence-electron chi connectivity index (χ1n) is 11.4. The number of hydrogen-bond acceptors (Lipinski definition) is 4. The third kappa shape index (κ3) is 4.36. The monoisotopic (exact) mass is 484 g/mol. The van der Waals surface area contributed by atoms with Gasteiger partial charge in [0.2, 0.25) is 0 Å². The van der Waals surface area contributed by atoms with Gasteiger partial charge in [-0.15, -0.1) is 0 Å². The summed E-state index contributed by atoms with van der Waals surface area (Å²) in [6.45, 7) is -2.02. The van der Waals surface area contributed by atoms with Crippen molar-refractivity contribution in [2.45, 2.75) is 25.9 Å². The molecule has 3 aromatic rings. The van der Waals surface area contributed by atoms with E-state index < -0.39 is 18.3 Å². The molecular weight excluding hydrogens is 461 g/mol. The molecule has 1 aromatic heterocycles. The Morgan fingerprint density at radius 1 is 0.886 bits per heavy atom. The molecule has 0 saturated carbocycles. The summed E-state index contributed by atoms with van der Waals surface area (Å²) in [4.78, 5) is 29.4. The zero-order valence-corrected chi connectivity index (χ0v) is 18.8. The van der Waals surface area contributed by atoms with Gasteiger partial charge in [-0.25, -0.2) is 9.07 Å². The Morgan fingerprint density at radius 2 is 1.54 bits per heavy atom. The molecule has 1 saturated heterocycles. The van der Waals surface area contributed by atoms with Gasteiger partial charge in [0.1, 0.15) is 17.3 Å². The molecule has 2 heterocycles. The van der Waals surface area contributed by atoms with Crippen LogP contribution in [0.5, 0.6) is 5.75 Å². The molecule has 10 heteroatoms. The average molecular weight is 484 g/mol. The quantitative estimate of drug-likeness (QED) is 0.554. The van der Waals surface area contributed by atoms with Crippen molar-refractivity contribution in [3.8, 4) is 11.4 Å². The van der Waals surface area contributed by atoms with Crippen LogP contribution in [-0.4, -0.2) is 64.2 Å². The fraction of sp³-hybridized carbons (Fsp3) is 0.320. The standard InChI is InChI=1S/C25H23F3N4O3/c26-18-8-2-3-9-20(18)32-19-10-5-7-16(19)22(29-32)24(34)31-14-12-30(13-15-31)23(33)17-6-1-4-11-21(17)35-25(27)28/h1-4,6,8-9,11,25H,5,7,10,12-15H2.